The van der Waals surface area contributed by atoms with Gasteiger partial charge in [0.05, 0.1) is 18.6 Å². The minimum Gasteiger partial charge on any atom is -0.495 e. The third kappa shape index (κ3) is 5.94. The lowest BCUT2D eigenvalue weighted by molar-refractivity contribution is -0.118. The van der Waals surface area contributed by atoms with E-state index in [1.165, 1.54) is 18.2 Å². The van der Waals surface area contributed by atoms with E-state index in [1.54, 1.807) is 12.0 Å². The highest BCUT2D eigenvalue weighted by Crippen LogP contribution is 2.33. The number of carbonyl (C=O) groups excluding carboxylic acids is 2. The van der Waals surface area contributed by atoms with E-state index in [1.807, 2.05) is 59.2 Å². The van der Waals surface area contributed by atoms with Crippen LogP contribution < -0.4 is 20.3 Å². The summed E-state index contributed by atoms with van der Waals surface area (Å²) in [5, 5.41) is 9.57. The number of anilines is 2. The van der Waals surface area contributed by atoms with Gasteiger partial charge in [0.25, 0.3) is 0 Å². The van der Waals surface area contributed by atoms with Gasteiger partial charge in [-0.25, -0.2) is 0 Å². The van der Waals surface area contributed by atoms with E-state index in [2.05, 4.69) is 15.1 Å². The topological polar surface area (TPSA) is 107 Å². The zero-order valence-electron chi connectivity index (χ0n) is 19.8. The van der Waals surface area contributed by atoms with Crippen molar-refractivity contribution in [3.63, 3.8) is 0 Å². The molecule has 0 spiro atoms. The number of aromatic nitrogens is 3. The van der Waals surface area contributed by atoms with Crippen LogP contribution in [0.5, 0.6) is 5.75 Å². The molecular formula is C25H30N6O3S. The van der Waals surface area contributed by atoms with Crippen LogP contribution in [-0.2, 0) is 9.59 Å². The van der Waals surface area contributed by atoms with E-state index in [4.69, 9.17) is 10.5 Å². The minimum absolute atomic E-state index is 0.0851. The van der Waals surface area contributed by atoms with Crippen LogP contribution in [0, 0.1) is 0 Å². The summed E-state index contributed by atoms with van der Waals surface area (Å²) in [6.45, 7) is 2.04. The molecule has 0 bridgehead atoms. The normalized spacial score (nSPS) is 13.5. The van der Waals surface area contributed by atoms with Gasteiger partial charge in [-0.1, -0.05) is 42.1 Å². The molecule has 1 aromatic heterocycles. The number of amides is 2. The number of piperidine rings is 1. The van der Waals surface area contributed by atoms with Gasteiger partial charge in [-0.3, -0.25) is 14.2 Å². The van der Waals surface area contributed by atoms with Crippen LogP contribution in [0.15, 0.2) is 59.8 Å². The molecule has 0 unspecified atom stereocenters. The summed E-state index contributed by atoms with van der Waals surface area (Å²) >= 11 is 1.31. The van der Waals surface area contributed by atoms with Crippen LogP contribution in [0.2, 0.25) is 0 Å². The summed E-state index contributed by atoms with van der Waals surface area (Å²) in [7, 11) is 1.64. The molecule has 1 aliphatic heterocycles. The SMILES string of the molecule is COc1ccccc1-n1c(SCC(=O)N(CCC(N)=O)c2ccccc2)nnc1N1CCCCC1. The Kier molecular flexibility index (Phi) is 8.25. The summed E-state index contributed by atoms with van der Waals surface area (Å²) < 4.78 is 7.59. The van der Waals surface area contributed by atoms with Crippen LogP contribution in [0.25, 0.3) is 5.69 Å². The van der Waals surface area contributed by atoms with E-state index >= 15 is 0 Å². The van der Waals surface area contributed by atoms with Gasteiger partial charge in [0, 0.05) is 31.7 Å². The summed E-state index contributed by atoms with van der Waals surface area (Å²) in [5.74, 6) is 0.981. The average Bonchev–Trinajstić information content (AvgIpc) is 3.32. The monoisotopic (exact) mass is 494 g/mol. The molecule has 184 valence electrons. The smallest absolute Gasteiger partial charge is 0.237 e. The lowest BCUT2D eigenvalue weighted by atomic mass is 10.1. The lowest BCUT2D eigenvalue weighted by Crippen LogP contribution is -2.35. The van der Waals surface area contributed by atoms with Crippen molar-refractivity contribution in [2.75, 3.05) is 42.3 Å². The van der Waals surface area contributed by atoms with E-state index in [9.17, 15) is 9.59 Å². The number of thioether (sulfide) groups is 1. The quantitative estimate of drug-likeness (QED) is 0.431. The molecule has 4 rings (SSSR count). The fourth-order valence-electron chi connectivity index (χ4n) is 4.11. The largest absolute Gasteiger partial charge is 0.495 e. The molecule has 2 amide bonds. The second-order valence-electron chi connectivity index (χ2n) is 8.22. The van der Waals surface area contributed by atoms with Crippen LogP contribution in [0.3, 0.4) is 0 Å². The number of nitrogens with two attached hydrogens (primary N) is 1. The van der Waals surface area contributed by atoms with Crippen LogP contribution >= 0.6 is 11.8 Å². The minimum atomic E-state index is -0.450. The Labute approximate surface area is 209 Å². The van der Waals surface area contributed by atoms with Gasteiger partial charge in [0.15, 0.2) is 5.16 Å². The van der Waals surface area contributed by atoms with Gasteiger partial charge in [0.1, 0.15) is 5.75 Å². The van der Waals surface area contributed by atoms with E-state index in [0.717, 1.165) is 43.3 Å². The van der Waals surface area contributed by atoms with Crippen molar-refractivity contribution in [1.82, 2.24) is 14.8 Å². The van der Waals surface area contributed by atoms with Crippen LogP contribution in [-0.4, -0.2) is 59.1 Å². The third-order valence-corrected chi connectivity index (χ3v) is 6.77. The molecule has 1 saturated heterocycles. The molecular weight excluding hydrogens is 464 g/mol. The molecule has 0 saturated carbocycles. The molecule has 9 nitrogen and oxygen atoms in total. The second kappa shape index (κ2) is 11.7. The van der Waals surface area contributed by atoms with E-state index < -0.39 is 5.91 Å². The molecule has 35 heavy (non-hydrogen) atoms. The first-order valence-corrected chi connectivity index (χ1v) is 12.7. The first-order valence-electron chi connectivity index (χ1n) is 11.7. The highest BCUT2D eigenvalue weighted by atomic mass is 32.2. The zero-order valence-corrected chi connectivity index (χ0v) is 20.6. The highest BCUT2D eigenvalue weighted by molar-refractivity contribution is 7.99. The first-order chi connectivity index (χ1) is 17.1. The van der Waals surface area contributed by atoms with Gasteiger partial charge in [-0.05, 0) is 43.5 Å². The highest BCUT2D eigenvalue weighted by Gasteiger charge is 2.25. The molecule has 2 aromatic carbocycles. The van der Waals surface area contributed by atoms with E-state index in [0.29, 0.717) is 10.9 Å². The second-order valence-corrected chi connectivity index (χ2v) is 9.17. The summed E-state index contributed by atoms with van der Waals surface area (Å²) in [6.07, 6.45) is 3.50. The number of carbonyl (C=O) groups is 2. The number of methoxy groups -OCH3 is 1. The molecule has 1 aliphatic rings. The Balaban J connectivity index is 1.61. The average molecular weight is 495 g/mol. The van der Waals surface area contributed by atoms with Gasteiger partial charge in [-0.2, -0.15) is 0 Å². The summed E-state index contributed by atoms with van der Waals surface area (Å²) in [5.41, 5.74) is 6.89. The standard InChI is InChI=1S/C25H30N6O3S/c1-34-21-13-7-6-12-20(21)31-24(29-15-8-3-9-16-29)27-28-25(31)35-18-23(33)30(17-14-22(26)32)19-10-4-2-5-11-19/h2,4-7,10-13H,3,8-9,14-18H2,1H3,(H2,26,32). The number of nitrogens with zero attached hydrogens (tertiary/aromatic N) is 5. The number of para-hydroxylation sites is 3. The van der Waals surface area contributed by atoms with Gasteiger partial charge in [-0.15, -0.1) is 10.2 Å². The van der Waals surface area contributed by atoms with Crippen molar-refractivity contribution in [3.05, 3.63) is 54.6 Å². The Bertz CT molecular complexity index is 1150. The van der Waals surface area contributed by atoms with Crippen LogP contribution in [0.4, 0.5) is 11.6 Å². The van der Waals surface area contributed by atoms with Gasteiger partial charge >= 0.3 is 0 Å². The van der Waals surface area contributed by atoms with Crippen molar-refractivity contribution < 1.29 is 14.3 Å². The third-order valence-electron chi connectivity index (χ3n) is 5.86. The number of primary amides is 1. The van der Waals surface area contributed by atoms with Crippen molar-refractivity contribution in [2.45, 2.75) is 30.8 Å². The Morgan fingerprint density at radius 3 is 2.46 bits per heavy atom. The fourth-order valence-corrected chi connectivity index (χ4v) is 4.93. The fraction of sp³-hybridized carbons (Fsp3) is 0.360. The maximum absolute atomic E-state index is 13.3. The maximum atomic E-state index is 13.3. The van der Waals surface area contributed by atoms with E-state index in [-0.39, 0.29) is 24.6 Å². The Morgan fingerprint density at radius 1 is 1.03 bits per heavy atom. The number of benzene rings is 2. The zero-order chi connectivity index (χ0) is 24.6. The van der Waals surface area contributed by atoms with Gasteiger partial charge < -0.3 is 20.3 Å². The van der Waals surface area contributed by atoms with Gasteiger partial charge in [0.2, 0.25) is 17.8 Å². The first kappa shape index (κ1) is 24.6. The number of rotatable bonds is 10. The summed E-state index contributed by atoms with van der Waals surface area (Å²) in [4.78, 5) is 28.5. The number of hydrogen-bond acceptors (Lipinski definition) is 7. The predicted octanol–water partition coefficient (Wildman–Crippen LogP) is 3.27. The molecule has 0 radical (unpaired) electrons. The molecule has 2 N–H and O–H groups in total. The number of hydrogen-bond donors (Lipinski definition) is 1. The number of ether oxygens (including phenoxy) is 1. The molecule has 2 heterocycles. The molecule has 0 aliphatic carbocycles. The Morgan fingerprint density at radius 2 is 1.74 bits per heavy atom. The molecule has 3 aromatic rings. The van der Waals surface area contributed by atoms with Crippen LogP contribution in [0.1, 0.15) is 25.7 Å². The predicted molar refractivity (Wildman–Crippen MR) is 137 cm³/mol. The van der Waals surface area contributed by atoms with Crippen molar-refractivity contribution >= 4 is 35.2 Å². The molecule has 1 fully saturated rings. The maximum Gasteiger partial charge on any atom is 0.237 e. The van der Waals surface area contributed by atoms with Crippen molar-refractivity contribution in [1.29, 1.82) is 0 Å². The molecule has 0 atom stereocenters. The van der Waals surface area contributed by atoms with Crippen molar-refractivity contribution in [2.24, 2.45) is 5.73 Å². The summed E-state index contributed by atoms with van der Waals surface area (Å²) in [6, 6.07) is 17.0. The lowest BCUT2D eigenvalue weighted by Gasteiger charge is -2.28. The Hall–Kier alpha value is -3.53. The molecule has 10 heteroatoms. The van der Waals surface area contributed by atoms with Crippen molar-refractivity contribution in [3.8, 4) is 11.4 Å².